The fraction of sp³-hybridized carbons (Fsp3) is 0.294. The van der Waals surface area contributed by atoms with Crippen LogP contribution in [0.1, 0.15) is 36.7 Å². The average Bonchev–Trinajstić information content (AvgIpc) is 2.75. The van der Waals surface area contributed by atoms with Crippen molar-refractivity contribution in [1.82, 2.24) is 5.32 Å². The molecule has 0 atom stereocenters. The van der Waals surface area contributed by atoms with Crippen molar-refractivity contribution in [2.24, 2.45) is 5.41 Å². The maximum absolute atomic E-state index is 12.0. The molecule has 1 aliphatic rings. The molecule has 0 unspecified atom stereocenters. The number of rotatable bonds is 2. The van der Waals surface area contributed by atoms with Crippen molar-refractivity contribution in [2.45, 2.75) is 27.3 Å². The number of amides is 2. The quantitative estimate of drug-likeness (QED) is 0.889. The zero-order chi connectivity index (χ0) is 15.2. The molecule has 0 saturated carbocycles. The average molecular weight is 282 g/mol. The first-order chi connectivity index (χ1) is 9.88. The first-order valence-corrected chi connectivity index (χ1v) is 7.02. The second-order valence-electron chi connectivity index (χ2n) is 6.39. The Labute approximate surface area is 123 Å². The van der Waals surface area contributed by atoms with Gasteiger partial charge in [0.25, 0.3) is 5.91 Å². The van der Waals surface area contributed by atoms with Crippen molar-refractivity contribution < 1.29 is 9.59 Å². The Morgan fingerprint density at radius 2 is 1.95 bits per heavy atom. The number of benzene rings is 2. The van der Waals surface area contributed by atoms with E-state index in [0.717, 1.165) is 22.0 Å². The van der Waals surface area contributed by atoms with E-state index in [1.165, 1.54) is 0 Å². The van der Waals surface area contributed by atoms with E-state index >= 15 is 0 Å². The lowest BCUT2D eigenvalue weighted by atomic mass is 9.95. The fourth-order valence-electron chi connectivity index (χ4n) is 2.54. The molecule has 2 amide bonds. The standard InChI is InChI=1S/C17H18N2O2/c1-17(2,3)16(21)18-9-10-7-8-13-14-11(10)5-4-6-12(14)15(20)19-13/h4-8H,9H2,1-3H3,(H,18,21)(H,19,20). The van der Waals surface area contributed by atoms with Gasteiger partial charge in [-0.2, -0.15) is 0 Å². The van der Waals surface area contributed by atoms with Gasteiger partial charge >= 0.3 is 0 Å². The first-order valence-electron chi connectivity index (χ1n) is 7.02. The largest absolute Gasteiger partial charge is 0.352 e. The summed E-state index contributed by atoms with van der Waals surface area (Å²) in [6.45, 7) is 6.12. The van der Waals surface area contributed by atoms with Gasteiger partial charge in [-0.1, -0.05) is 39.0 Å². The molecule has 4 nitrogen and oxygen atoms in total. The maximum Gasteiger partial charge on any atom is 0.256 e. The lowest BCUT2D eigenvalue weighted by Crippen LogP contribution is -2.34. The molecule has 2 N–H and O–H groups in total. The number of hydrogen-bond acceptors (Lipinski definition) is 2. The zero-order valence-corrected chi connectivity index (χ0v) is 12.4. The van der Waals surface area contributed by atoms with Crippen LogP contribution in [0.2, 0.25) is 0 Å². The van der Waals surface area contributed by atoms with Crippen molar-refractivity contribution in [3.8, 4) is 0 Å². The summed E-state index contributed by atoms with van der Waals surface area (Å²) in [5.41, 5.74) is 2.15. The first kappa shape index (κ1) is 13.6. The van der Waals surface area contributed by atoms with Crippen molar-refractivity contribution in [3.63, 3.8) is 0 Å². The summed E-state index contributed by atoms with van der Waals surface area (Å²) in [4.78, 5) is 23.9. The van der Waals surface area contributed by atoms with E-state index in [9.17, 15) is 9.59 Å². The van der Waals surface area contributed by atoms with E-state index in [0.29, 0.717) is 12.1 Å². The molecule has 108 valence electrons. The van der Waals surface area contributed by atoms with Crippen LogP contribution in [0.4, 0.5) is 5.69 Å². The van der Waals surface area contributed by atoms with Crippen LogP contribution in [0.5, 0.6) is 0 Å². The van der Waals surface area contributed by atoms with Gasteiger partial charge in [0.1, 0.15) is 0 Å². The Hall–Kier alpha value is -2.36. The molecule has 2 aromatic rings. The highest BCUT2D eigenvalue weighted by Crippen LogP contribution is 2.34. The minimum Gasteiger partial charge on any atom is -0.352 e. The highest BCUT2D eigenvalue weighted by molar-refractivity contribution is 6.24. The van der Waals surface area contributed by atoms with Gasteiger partial charge < -0.3 is 10.6 Å². The van der Waals surface area contributed by atoms with Gasteiger partial charge in [-0.25, -0.2) is 0 Å². The van der Waals surface area contributed by atoms with Gasteiger partial charge in [0.05, 0.1) is 0 Å². The smallest absolute Gasteiger partial charge is 0.256 e. The lowest BCUT2D eigenvalue weighted by molar-refractivity contribution is -0.128. The topological polar surface area (TPSA) is 58.2 Å². The van der Waals surface area contributed by atoms with Crippen LogP contribution in [0, 0.1) is 5.41 Å². The summed E-state index contributed by atoms with van der Waals surface area (Å²) in [6, 6.07) is 9.54. The van der Waals surface area contributed by atoms with E-state index in [2.05, 4.69) is 10.6 Å². The molecule has 2 aromatic carbocycles. The van der Waals surface area contributed by atoms with E-state index in [1.54, 1.807) is 0 Å². The highest BCUT2D eigenvalue weighted by atomic mass is 16.2. The monoisotopic (exact) mass is 282 g/mol. The zero-order valence-electron chi connectivity index (χ0n) is 12.4. The second kappa shape index (κ2) is 4.58. The van der Waals surface area contributed by atoms with Crippen LogP contribution < -0.4 is 10.6 Å². The number of carbonyl (C=O) groups is 2. The fourth-order valence-corrected chi connectivity index (χ4v) is 2.54. The molecular weight excluding hydrogens is 264 g/mol. The molecule has 0 fully saturated rings. The SMILES string of the molecule is CC(C)(C)C(=O)NCc1ccc2c3c(cccc13)C(=O)N2. The van der Waals surface area contributed by atoms with Crippen molar-refractivity contribution in [3.05, 3.63) is 41.5 Å². The molecule has 3 rings (SSSR count). The van der Waals surface area contributed by atoms with Crippen LogP contribution in [0.15, 0.2) is 30.3 Å². The van der Waals surface area contributed by atoms with E-state index < -0.39 is 5.41 Å². The number of anilines is 1. The predicted molar refractivity (Wildman–Crippen MR) is 83.2 cm³/mol. The van der Waals surface area contributed by atoms with E-state index in [4.69, 9.17) is 0 Å². The molecule has 0 aliphatic carbocycles. The van der Waals surface area contributed by atoms with Gasteiger partial charge in [0, 0.05) is 28.6 Å². The Morgan fingerprint density at radius 3 is 2.67 bits per heavy atom. The van der Waals surface area contributed by atoms with Gasteiger partial charge in [0.15, 0.2) is 0 Å². The predicted octanol–water partition coefficient (Wildman–Crippen LogP) is 3.07. The molecule has 4 heteroatoms. The number of nitrogens with one attached hydrogen (secondary N) is 2. The number of hydrogen-bond donors (Lipinski definition) is 2. The summed E-state index contributed by atoms with van der Waals surface area (Å²) in [6.07, 6.45) is 0. The van der Waals surface area contributed by atoms with Crippen molar-refractivity contribution >= 4 is 28.3 Å². The second-order valence-corrected chi connectivity index (χ2v) is 6.39. The van der Waals surface area contributed by atoms with Crippen molar-refractivity contribution in [2.75, 3.05) is 5.32 Å². The summed E-state index contributed by atoms with van der Waals surface area (Å²) in [5, 5.41) is 7.78. The molecule has 0 aromatic heterocycles. The Bertz CT molecular complexity index is 757. The summed E-state index contributed by atoms with van der Waals surface area (Å²) in [5.74, 6) is -0.0496. The molecule has 1 aliphatic heterocycles. The molecule has 0 saturated heterocycles. The van der Waals surface area contributed by atoms with E-state index in [-0.39, 0.29) is 11.8 Å². The third kappa shape index (κ3) is 2.27. The van der Waals surface area contributed by atoms with E-state index in [1.807, 2.05) is 51.1 Å². The lowest BCUT2D eigenvalue weighted by Gasteiger charge is -2.18. The van der Waals surface area contributed by atoms with Gasteiger partial charge in [0.2, 0.25) is 5.91 Å². The third-order valence-electron chi connectivity index (χ3n) is 3.74. The molecule has 0 bridgehead atoms. The summed E-state index contributed by atoms with van der Waals surface area (Å²) in [7, 11) is 0. The van der Waals surface area contributed by atoms with Crippen molar-refractivity contribution in [1.29, 1.82) is 0 Å². The Morgan fingerprint density at radius 1 is 1.19 bits per heavy atom. The Balaban J connectivity index is 1.97. The molecule has 21 heavy (non-hydrogen) atoms. The van der Waals surface area contributed by atoms with Crippen LogP contribution in [-0.2, 0) is 11.3 Å². The van der Waals surface area contributed by atoms with Crippen LogP contribution in [0.25, 0.3) is 10.8 Å². The summed E-state index contributed by atoms with van der Waals surface area (Å²) >= 11 is 0. The Kier molecular flexibility index (Phi) is 2.97. The van der Waals surface area contributed by atoms with Crippen LogP contribution >= 0.6 is 0 Å². The molecule has 0 spiro atoms. The van der Waals surface area contributed by atoms with Gasteiger partial charge in [-0.15, -0.1) is 0 Å². The minimum atomic E-state index is -0.410. The minimum absolute atomic E-state index is 0.0138. The molecule has 1 heterocycles. The third-order valence-corrected chi connectivity index (χ3v) is 3.74. The molecule has 0 radical (unpaired) electrons. The van der Waals surface area contributed by atoms with Gasteiger partial charge in [-0.3, -0.25) is 9.59 Å². The number of carbonyl (C=O) groups excluding carboxylic acids is 2. The maximum atomic E-state index is 12.0. The van der Waals surface area contributed by atoms with Gasteiger partial charge in [-0.05, 0) is 23.1 Å². The van der Waals surface area contributed by atoms with Crippen LogP contribution in [0.3, 0.4) is 0 Å². The highest BCUT2D eigenvalue weighted by Gasteiger charge is 2.23. The van der Waals surface area contributed by atoms with Crippen LogP contribution in [-0.4, -0.2) is 11.8 Å². The normalized spacial score (nSPS) is 13.4. The summed E-state index contributed by atoms with van der Waals surface area (Å²) < 4.78 is 0. The molecular formula is C17H18N2O2.